The van der Waals surface area contributed by atoms with Crippen molar-refractivity contribution in [2.45, 2.75) is 4.90 Å². The second-order valence-corrected chi connectivity index (χ2v) is 7.21. The van der Waals surface area contributed by atoms with Crippen molar-refractivity contribution in [2.24, 2.45) is 0 Å². The van der Waals surface area contributed by atoms with Gasteiger partial charge in [0, 0.05) is 10.5 Å². The molecule has 0 heterocycles. The van der Waals surface area contributed by atoms with Crippen molar-refractivity contribution in [1.29, 1.82) is 0 Å². The van der Waals surface area contributed by atoms with Crippen LogP contribution in [0.25, 0.3) is 21.9 Å². The van der Waals surface area contributed by atoms with Gasteiger partial charge in [0.05, 0.1) is 5.75 Å². The molecule has 4 aromatic carbocycles. The lowest BCUT2D eigenvalue weighted by molar-refractivity contribution is 0.102. The van der Waals surface area contributed by atoms with Crippen LogP contribution in [0.5, 0.6) is 0 Å². The van der Waals surface area contributed by atoms with Gasteiger partial charge in [-0.3, -0.25) is 4.79 Å². The number of fused-ring (bicyclic) bond motifs is 1. The third-order valence-corrected chi connectivity index (χ3v) is 5.40. The predicted molar refractivity (Wildman–Crippen MR) is 111 cm³/mol. The largest absolute Gasteiger partial charge is 0.293 e. The van der Waals surface area contributed by atoms with Gasteiger partial charge in [0.2, 0.25) is 0 Å². The third-order valence-electron chi connectivity index (χ3n) is 4.40. The van der Waals surface area contributed by atoms with E-state index in [1.165, 1.54) is 10.8 Å². The maximum absolute atomic E-state index is 12.5. The Morgan fingerprint density at radius 3 is 2.08 bits per heavy atom. The summed E-state index contributed by atoms with van der Waals surface area (Å²) in [5, 5.41) is 2.43. The zero-order valence-corrected chi connectivity index (χ0v) is 15.1. The molecule has 0 aromatic heterocycles. The number of thioether (sulfide) groups is 1. The minimum absolute atomic E-state index is 0.155. The lowest BCUT2D eigenvalue weighted by atomic mass is 10.0. The van der Waals surface area contributed by atoms with E-state index >= 15 is 0 Å². The smallest absolute Gasteiger partial charge is 0.173 e. The molecular formula is C24H18OS. The zero-order valence-electron chi connectivity index (χ0n) is 14.3. The molecule has 0 N–H and O–H groups in total. The maximum atomic E-state index is 12.5. The fourth-order valence-corrected chi connectivity index (χ4v) is 3.81. The van der Waals surface area contributed by atoms with Crippen LogP contribution >= 0.6 is 11.8 Å². The van der Waals surface area contributed by atoms with Gasteiger partial charge in [-0.1, -0.05) is 84.9 Å². The number of carbonyl (C=O) groups excluding carboxylic acids is 1. The molecule has 0 aliphatic rings. The quantitative estimate of drug-likeness (QED) is 0.301. The predicted octanol–water partition coefficient (Wildman–Crippen LogP) is 6.48. The van der Waals surface area contributed by atoms with Gasteiger partial charge in [-0.15, -0.1) is 11.8 Å². The fourth-order valence-electron chi connectivity index (χ4n) is 2.97. The van der Waals surface area contributed by atoms with Crippen LogP contribution in [-0.4, -0.2) is 11.5 Å². The summed E-state index contributed by atoms with van der Waals surface area (Å²) in [7, 11) is 0. The van der Waals surface area contributed by atoms with Crippen LogP contribution in [0.2, 0.25) is 0 Å². The monoisotopic (exact) mass is 354 g/mol. The first-order valence-corrected chi connectivity index (χ1v) is 9.58. The van der Waals surface area contributed by atoms with Crippen LogP contribution in [-0.2, 0) is 0 Å². The molecule has 0 atom stereocenters. The van der Waals surface area contributed by atoms with E-state index in [-0.39, 0.29) is 5.78 Å². The first-order chi connectivity index (χ1) is 12.8. The van der Waals surface area contributed by atoms with Crippen LogP contribution in [0.4, 0.5) is 0 Å². The number of Topliss-reactive ketones (excluding diaryl/α,β-unsaturated/α-hetero) is 1. The average molecular weight is 354 g/mol. The minimum Gasteiger partial charge on any atom is -0.293 e. The minimum atomic E-state index is 0.155. The summed E-state index contributed by atoms with van der Waals surface area (Å²) >= 11 is 1.59. The fraction of sp³-hybridized carbons (Fsp3) is 0.0417. The van der Waals surface area contributed by atoms with E-state index < -0.39 is 0 Å². The molecular weight excluding hydrogens is 336 g/mol. The first kappa shape index (κ1) is 16.6. The van der Waals surface area contributed by atoms with Crippen molar-refractivity contribution < 1.29 is 4.79 Å². The van der Waals surface area contributed by atoms with Gasteiger partial charge in [-0.2, -0.15) is 0 Å². The molecule has 0 aliphatic heterocycles. The summed E-state index contributed by atoms with van der Waals surface area (Å²) in [4.78, 5) is 13.6. The molecule has 0 spiro atoms. The molecule has 4 aromatic rings. The summed E-state index contributed by atoms with van der Waals surface area (Å²) in [6.07, 6.45) is 0. The highest BCUT2D eigenvalue weighted by molar-refractivity contribution is 8.00. The Bertz CT molecular complexity index is 1040. The number of carbonyl (C=O) groups is 1. The molecule has 0 aliphatic carbocycles. The molecule has 0 saturated carbocycles. The molecule has 0 unspecified atom stereocenters. The van der Waals surface area contributed by atoms with Gasteiger partial charge in [-0.25, -0.2) is 0 Å². The lowest BCUT2D eigenvalue weighted by Crippen LogP contribution is -2.02. The van der Waals surface area contributed by atoms with E-state index in [1.807, 2.05) is 54.6 Å². The van der Waals surface area contributed by atoms with Crippen LogP contribution in [0.3, 0.4) is 0 Å². The standard InChI is InChI=1S/C24H18OS/c25-24(17-26-23-15-14-19-8-4-5-9-22(19)16-23)21-12-10-20(11-13-21)18-6-2-1-3-7-18/h1-16H,17H2. The van der Waals surface area contributed by atoms with Crippen LogP contribution in [0, 0.1) is 0 Å². The van der Waals surface area contributed by atoms with E-state index in [0.717, 1.165) is 21.6 Å². The van der Waals surface area contributed by atoms with Crippen molar-refractivity contribution in [3.8, 4) is 11.1 Å². The summed E-state index contributed by atoms with van der Waals surface area (Å²) in [5.41, 5.74) is 3.05. The van der Waals surface area contributed by atoms with Crippen molar-refractivity contribution in [2.75, 3.05) is 5.75 Å². The van der Waals surface area contributed by atoms with Gasteiger partial charge < -0.3 is 0 Å². The van der Waals surface area contributed by atoms with E-state index in [0.29, 0.717) is 5.75 Å². The van der Waals surface area contributed by atoms with Crippen LogP contribution in [0.15, 0.2) is 102 Å². The third kappa shape index (κ3) is 3.71. The SMILES string of the molecule is O=C(CSc1ccc2ccccc2c1)c1ccc(-c2ccccc2)cc1. The second-order valence-electron chi connectivity index (χ2n) is 6.16. The summed E-state index contributed by atoms with van der Waals surface area (Å²) in [5.74, 6) is 0.603. The summed E-state index contributed by atoms with van der Waals surface area (Å²) in [6.45, 7) is 0. The van der Waals surface area contributed by atoms with E-state index in [9.17, 15) is 4.79 Å². The zero-order chi connectivity index (χ0) is 17.8. The molecule has 4 rings (SSSR count). The Morgan fingerprint density at radius 1 is 0.654 bits per heavy atom. The molecule has 0 saturated heterocycles. The number of rotatable bonds is 5. The normalized spacial score (nSPS) is 10.8. The van der Waals surface area contributed by atoms with Crippen LogP contribution < -0.4 is 0 Å². The van der Waals surface area contributed by atoms with Crippen molar-refractivity contribution in [3.63, 3.8) is 0 Å². The lowest BCUT2D eigenvalue weighted by Gasteiger charge is -2.05. The highest BCUT2D eigenvalue weighted by Crippen LogP contribution is 2.25. The number of ketones is 1. The first-order valence-electron chi connectivity index (χ1n) is 8.60. The molecule has 2 heteroatoms. The average Bonchev–Trinajstić information content (AvgIpc) is 2.72. The van der Waals surface area contributed by atoms with Gasteiger partial charge >= 0.3 is 0 Å². The molecule has 1 nitrogen and oxygen atoms in total. The van der Waals surface area contributed by atoms with Gasteiger partial charge in [-0.05, 0) is 34.0 Å². The maximum Gasteiger partial charge on any atom is 0.173 e. The highest BCUT2D eigenvalue weighted by Gasteiger charge is 2.08. The van der Waals surface area contributed by atoms with E-state index in [2.05, 4.69) is 42.5 Å². The Kier molecular flexibility index (Phi) is 4.85. The molecule has 0 radical (unpaired) electrons. The highest BCUT2D eigenvalue weighted by atomic mass is 32.2. The van der Waals surface area contributed by atoms with Gasteiger partial charge in [0.15, 0.2) is 5.78 Å². The molecule has 26 heavy (non-hydrogen) atoms. The topological polar surface area (TPSA) is 17.1 Å². The second kappa shape index (κ2) is 7.59. The van der Waals surface area contributed by atoms with Crippen LogP contribution in [0.1, 0.15) is 10.4 Å². The Hall–Kier alpha value is -2.84. The Morgan fingerprint density at radius 2 is 1.31 bits per heavy atom. The molecule has 126 valence electrons. The number of hydrogen-bond acceptors (Lipinski definition) is 2. The molecule has 0 amide bonds. The van der Waals surface area contributed by atoms with Crippen molar-refractivity contribution >= 4 is 28.3 Å². The Labute approximate surface area is 157 Å². The molecule has 0 bridgehead atoms. The van der Waals surface area contributed by atoms with Gasteiger partial charge in [0.1, 0.15) is 0 Å². The van der Waals surface area contributed by atoms with Gasteiger partial charge in [0.25, 0.3) is 0 Å². The number of benzene rings is 4. The van der Waals surface area contributed by atoms with E-state index in [1.54, 1.807) is 11.8 Å². The summed E-state index contributed by atoms with van der Waals surface area (Å²) in [6, 6.07) is 32.7. The summed E-state index contributed by atoms with van der Waals surface area (Å²) < 4.78 is 0. The number of hydrogen-bond donors (Lipinski definition) is 0. The van der Waals surface area contributed by atoms with E-state index in [4.69, 9.17) is 0 Å². The van der Waals surface area contributed by atoms with Crippen molar-refractivity contribution in [1.82, 2.24) is 0 Å². The molecule has 0 fully saturated rings. The Balaban J connectivity index is 1.44. The van der Waals surface area contributed by atoms with Crippen molar-refractivity contribution in [3.05, 3.63) is 103 Å².